The van der Waals surface area contributed by atoms with Crippen molar-refractivity contribution >= 4 is 0 Å². The first-order valence-electron chi connectivity index (χ1n) is 14.2. The van der Waals surface area contributed by atoms with Crippen LogP contribution in [0.4, 0.5) is 0 Å². The van der Waals surface area contributed by atoms with Crippen LogP contribution in [0.3, 0.4) is 0 Å². The third-order valence-electron chi connectivity index (χ3n) is 13.1. The molecule has 5 fully saturated rings. The highest BCUT2D eigenvalue weighted by molar-refractivity contribution is 5.20. The van der Waals surface area contributed by atoms with Gasteiger partial charge in [0, 0.05) is 0 Å². The quantitative estimate of drug-likeness (QED) is 0.455. The number of hydrogen-bond donors (Lipinski definition) is 2. The van der Waals surface area contributed by atoms with Crippen molar-refractivity contribution in [1.82, 2.24) is 0 Å². The van der Waals surface area contributed by atoms with Gasteiger partial charge in [-0.05, 0) is 130 Å². The smallest absolute Gasteiger partial charge is 0.0693 e. The second-order valence-corrected chi connectivity index (χ2v) is 15.4. The highest BCUT2D eigenvalue weighted by atomic mass is 16.5. The molecule has 0 radical (unpaired) electrons. The fourth-order valence-corrected chi connectivity index (χ4v) is 11.3. The second kappa shape index (κ2) is 7.22. The maximum Gasteiger partial charge on any atom is 0.0693 e. The van der Waals surface area contributed by atoms with Crippen LogP contribution in [0.15, 0.2) is 0 Å². The van der Waals surface area contributed by atoms with Crippen LogP contribution in [-0.2, 0) is 4.74 Å². The Morgan fingerprint density at radius 3 is 2.03 bits per heavy atom. The van der Waals surface area contributed by atoms with Gasteiger partial charge in [0.05, 0.1) is 23.4 Å². The SMILES string of the molecule is CC1(C)CCC[C@](C)([C@@H]2CC[C@]3(C)[C@@H]2[C@H](O)C[C@@H]2[C@]4(C)CC[C@H](O)C(C)(C)[C@H]4CC[C@@]23C)O1. The molecule has 4 saturated carbocycles. The molecule has 0 aromatic carbocycles. The number of fused-ring (bicyclic) bond motifs is 5. The topological polar surface area (TPSA) is 49.7 Å². The molecule has 0 amide bonds. The molecule has 3 nitrogen and oxygen atoms in total. The van der Waals surface area contributed by atoms with Gasteiger partial charge in [0.1, 0.15) is 0 Å². The first-order valence-corrected chi connectivity index (χ1v) is 14.2. The van der Waals surface area contributed by atoms with Gasteiger partial charge < -0.3 is 14.9 Å². The van der Waals surface area contributed by atoms with Crippen molar-refractivity contribution < 1.29 is 14.9 Å². The first kappa shape index (κ1) is 24.6. The van der Waals surface area contributed by atoms with Crippen LogP contribution in [0.1, 0.15) is 120 Å². The second-order valence-electron chi connectivity index (χ2n) is 15.4. The van der Waals surface area contributed by atoms with Crippen LogP contribution in [0, 0.1) is 45.3 Å². The zero-order valence-electron chi connectivity index (χ0n) is 22.8. The minimum absolute atomic E-state index is 0.0375. The van der Waals surface area contributed by atoms with E-state index in [0.29, 0.717) is 23.7 Å². The van der Waals surface area contributed by atoms with Crippen molar-refractivity contribution in [2.45, 2.75) is 143 Å². The van der Waals surface area contributed by atoms with Gasteiger partial charge in [0.2, 0.25) is 0 Å². The van der Waals surface area contributed by atoms with Crippen LogP contribution in [0.2, 0.25) is 0 Å². The summed E-state index contributed by atoms with van der Waals surface area (Å²) in [7, 11) is 0. The van der Waals surface area contributed by atoms with Crippen molar-refractivity contribution in [1.29, 1.82) is 0 Å². The van der Waals surface area contributed by atoms with Crippen LogP contribution in [0.5, 0.6) is 0 Å². The van der Waals surface area contributed by atoms with Gasteiger partial charge in [-0.25, -0.2) is 0 Å². The van der Waals surface area contributed by atoms with Crippen molar-refractivity contribution in [2.24, 2.45) is 45.3 Å². The minimum Gasteiger partial charge on any atom is -0.393 e. The van der Waals surface area contributed by atoms with Gasteiger partial charge in [-0.3, -0.25) is 0 Å². The Morgan fingerprint density at radius 1 is 0.697 bits per heavy atom. The first-order chi connectivity index (χ1) is 15.1. The van der Waals surface area contributed by atoms with Crippen LogP contribution < -0.4 is 0 Å². The fourth-order valence-electron chi connectivity index (χ4n) is 11.3. The zero-order chi connectivity index (χ0) is 24.2. The van der Waals surface area contributed by atoms with E-state index in [2.05, 4.69) is 55.4 Å². The predicted octanol–water partition coefficient (Wildman–Crippen LogP) is 6.74. The fraction of sp³-hybridized carbons (Fsp3) is 1.00. The van der Waals surface area contributed by atoms with Crippen LogP contribution in [0.25, 0.3) is 0 Å². The van der Waals surface area contributed by atoms with E-state index in [9.17, 15) is 10.2 Å². The normalized spacial score (nSPS) is 57.6. The third kappa shape index (κ3) is 3.16. The lowest BCUT2D eigenvalue weighted by Crippen LogP contribution is -2.66. The van der Waals surface area contributed by atoms with Crippen LogP contribution >= 0.6 is 0 Å². The number of aliphatic hydroxyl groups is 2. The third-order valence-corrected chi connectivity index (χ3v) is 13.1. The van der Waals surface area contributed by atoms with Gasteiger partial charge in [-0.1, -0.05) is 34.6 Å². The molecule has 0 aromatic heterocycles. The van der Waals surface area contributed by atoms with Gasteiger partial charge in [0.15, 0.2) is 0 Å². The maximum atomic E-state index is 11.9. The van der Waals surface area contributed by atoms with E-state index in [0.717, 1.165) is 32.1 Å². The molecule has 0 aromatic rings. The molecule has 5 aliphatic rings. The molecular formula is C30H52O3. The van der Waals surface area contributed by atoms with E-state index in [1.54, 1.807) is 0 Å². The van der Waals surface area contributed by atoms with Crippen LogP contribution in [-0.4, -0.2) is 33.6 Å². The van der Waals surface area contributed by atoms with E-state index in [1.807, 2.05) is 0 Å². The number of aliphatic hydroxyl groups excluding tert-OH is 2. The lowest BCUT2D eigenvalue weighted by Gasteiger charge is -2.70. The minimum atomic E-state index is -0.239. The molecule has 0 unspecified atom stereocenters. The summed E-state index contributed by atoms with van der Waals surface area (Å²) in [4.78, 5) is 0. The Hall–Kier alpha value is -0.120. The van der Waals surface area contributed by atoms with E-state index in [1.165, 1.54) is 32.1 Å². The largest absolute Gasteiger partial charge is 0.393 e. The van der Waals surface area contributed by atoms with E-state index >= 15 is 0 Å². The molecule has 3 heteroatoms. The Labute approximate surface area is 203 Å². The molecule has 4 aliphatic carbocycles. The number of rotatable bonds is 1. The van der Waals surface area contributed by atoms with Crippen molar-refractivity contribution in [3.8, 4) is 0 Å². The summed E-state index contributed by atoms with van der Waals surface area (Å²) < 4.78 is 6.86. The predicted molar refractivity (Wildman–Crippen MR) is 134 cm³/mol. The van der Waals surface area contributed by atoms with Gasteiger partial charge in [-0.15, -0.1) is 0 Å². The molecule has 5 rings (SSSR count). The number of ether oxygens (including phenoxy) is 1. The summed E-state index contributed by atoms with van der Waals surface area (Å²) in [6.45, 7) is 19.2. The molecule has 10 atom stereocenters. The van der Waals surface area contributed by atoms with Crippen molar-refractivity contribution in [2.75, 3.05) is 0 Å². The Balaban J connectivity index is 1.51. The van der Waals surface area contributed by atoms with Gasteiger partial charge in [0.25, 0.3) is 0 Å². The summed E-state index contributed by atoms with van der Waals surface area (Å²) >= 11 is 0. The van der Waals surface area contributed by atoms with Gasteiger partial charge >= 0.3 is 0 Å². The Bertz CT molecular complexity index is 789. The molecule has 190 valence electrons. The molecule has 1 heterocycles. The average Bonchev–Trinajstić information content (AvgIpc) is 3.07. The summed E-state index contributed by atoms with van der Waals surface area (Å²) in [6.07, 6.45) is 10.9. The van der Waals surface area contributed by atoms with E-state index < -0.39 is 0 Å². The van der Waals surface area contributed by atoms with E-state index in [4.69, 9.17) is 4.74 Å². The molecule has 1 aliphatic heterocycles. The summed E-state index contributed by atoms with van der Waals surface area (Å²) in [6, 6.07) is 0. The monoisotopic (exact) mass is 460 g/mol. The number of hydrogen-bond acceptors (Lipinski definition) is 3. The van der Waals surface area contributed by atoms with Crippen molar-refractivity contribution in [3.05, 3.63) is 0 Å². The molecule has 33 heavy (non-hydrogen) atoms. The highest BCUT2D eigenvalue weighted by Gasteiger charge is 2.71. The average molecular weight is 461 g/mol. The molecule has 0 bridgehead atoms. The molecule has 1 saturated heterocycles. The van der Waals surface area contributed by atoms with E-state index in [-0.39, 0.29) is 45.1 Å². The standard InChI is InChI=1S/C30H52O3/c1-25(2)13-9-14-30(8,33-25)19-10-16-29(7)24(19)20(31)18-22-27(5)15-12-23(32)26(3,4)21(27)11-17-28(22,29)6/h19-24,31-32H,9-18H2,1-8H3/t19-,20-,21-,22-,23+,24+,27-,28+,29-,30-/m1/s1. The zero-order valence-corrected chi connectivity index (χ0v) is 22.8. The summed E-state index contributed by atoms with van der Waals surface area (Å²) in [5, 5.41) is 22.8. The molecular weight excluding hydrogens is 408 g/mol. The summed E-state index contributed by atoms with van der Waals surface area (Å²) in [5.41, 5.74) is 0.392. The Kier molecular flexibility index (Phi) is 5.38. The lowest BCUT2D eigenvalue weighted by molar-refractivity contribution is -0.257. The summed E-state index contributed by atoms with van der Waals surface area (Å²) in [5.74, 6) is 1.85. The lowest BCUT2D eigenvalue weighted by atomic mass is 9.35. The van der Waals surface area contributed by atoms with Crippen molar-refractivity contribution in [3.63, 3.8) is 0 Å². The Morgan fingerprint density at radius 2 is 1.36 bits per heavy atom. The highest BCUT2D eigenvalue weighted by Crippen LogP contribution is 2.76. The molecule has 0 spiro atoms. The maximum absolute atomic E-state index is 11.9. The molecule has 2 N–H and O–H groups in total. The van der Waals surface area contributed by atoms with Gasteiger partial charge in [-0.2, -0.15) is 0 Å².